The predicted molar refractivity (Wildman–Crippen MR) is 130 cm³/mol. The number of pyridine rings is 2. The third kappa shape index (κ3) is 6.63. The van der Waals surface area contributed by atoms with E-state index >= 15 is 0 Å². The van der Waals surface area contributed by atoms with Crippen molar-refractivity contribution in [3.63, 3.8) is 0 Å². The lowest BCUT2D eigenvalue weighted by Crippen LogP contribution is -2.49. The first kappa shape index (κ1) is 24.8. The number of ether oxygens (including phenoxy) is 1. The van der Waals surface area contributed by atoms with Crippen molar-refractivity contribution in [1.29, 1.82) is 0 Å². The molecule has 3 amide bonds. The van der Waals surface area contributed by atoms with Gasteiger partial charge in [0.15, 0.2) is 0 Å². The number of aromatic nitrogens is 2. The molecule has 4 heterocycles. The number of carbonyl (C=O) groups excluding carboxylic acids is 3. The first-order valence-corrected chi connectivity index (χ1v) is 12.1. The van der Waals surface area contributed by atoms with Gasteiger partial charge in [-0.2, -0.15) is 0 Å². The lowest BCUT2D eigenvalue weighted by atomic mass is 9.81. The minimum atomic E-state index is -0.411. The fourth-order valence-corrected chi connectivity index (χ4v) is 4.48. The molecule has 2 aromatic heterocycles. The number of imide groups is 1. The Morgan fingerprint density at radius 3 is 2.37 bits per heavy atom. The van der Waals surface area contributed by atoms with Gasteiger partial charge in [0.1, 0.15) is 0 Å². The summed E-state index contributed by atoms with van der Waals surface area (Å²) >= 11 is 0. The SMILES string of the molecule is Cc1cccc(CN2CCN(C(=O)Oc3ccc(CCN4C(=O)CC(C)(C)CC4=O)cn3)CC2)n1. The molecule has 0 N–H and O–H groups in total. The number of hydrogen-bond donors (Lipinski definition) is 0. The van der Waals surface area contributed by atoms with E-state index in [1.54, 1.807) is 17.2 Å². The van der Waals surface area contributed by atoms with Crippen molar-refractivity contribution in [3.8, 4) is 5.88 Å². The number of hydrogen-bond acceptors (Lipinski definition) is 7. The molecule has 2 aromatic rings. The molecule has 4 rings (SSSR count). The van der Waals surface area contributed by atoms with E-state index in [0.29, 0.717) is 38.9 Å². The van der Waals surface area contributed by atoms with E-state index in [4.69, 9.17) is 4.74 Å². The molecule has 2 aliphatic heterocycles. The highest BCUT2D eigenvalue weighted by molar-refractivity contribution is 5.98. The van der Waals surface area contributed by atoms with Crippen LogP contribution in [0.15, 0.2) is 36.5 Å². The minimum absolute atomic E-state index is 0.125. The smallest absolute Gasteiger partial charge is 0.391 e. The minimum Gasteiger partial charge on any atom is -0.391 e. The monoisotopic (exact) mass is 479 g/mol. The Labute approximate surface area is 206 Å². The maximum Gasteiger partial charge on any atom is 0.416 e. The third-order valence-corrected chi connectivity index (χ3v) is 6.44. The van der Waals surface area contributed by atoms with Crippen LogP contribution in [-0.2, 0) is 22.6 Å². The van der Waals surface area contributed by atoms with Crippen LogP contribution in [0.2, 0.25) is 0 Å². The van der Waals surface area contributed by atoms with Crippen LogP contribution in [0.3, 0.4) is 0 Å². The zero-order chi connectivity index (χ0) is 25.0. The zero-order valence-electron chi connectivity index (χ0n) is 20.7. The van der Waals surface area contributed by atoms with E-state index in [-0.39, 0.29) is 23.1 Å². The summed E-state index contributed by atoms with van der Waals surface area (Å²) in [5.74, 6) is -0.0166. The molecule has 9 heteroatoms. The van der Waals surface area contributed by atoms with Gasteiger partial charge >= 0.3 is 6.09 Å². The Morgan fingerprint density at radius 2 is 1.74 bits per heavy atom. The molecule has 2 saturated heterocycles. The van der Waals surface area contributed by atoms with E-state index in [2.05, 4.69) is 14.9 Å². The van der Waals surface area contributed by atoms with Crippen LogP contribution in [0.4, 0.5) is 4.79 Å². The van der Waals surface area contributed by atoms with E-state index in [9.17, 15) is 14.4 Å². The number of rotatable bonds is 6. The van der Waals surface area contributed by atoms with Crippen LogP contribution >= 0.6 is 0 Å². The van der Waals surface area contributed by atoms with Gasteiger partial charge in [-0.15, -0.1) is 0 Å². The lowest BCUT2D eigenvalue weighted by Gasteiger charge is -2.34. The number of carbonyl (C=O) groups is 3. The predicted octanol–water partition coefficient (Wildman–Crippen LogP) is 2.82. The van der Waals surface area contributed by atoms with E-state index in [0.717, 1.165) is 36.6 Å². The first-order chi connectivity index (χ1) is 16.7. The van der Waals surface area contributed by atoms with E-state index in [1.165, 1.54) is 4.90 Å². The van der Waals surface area contributed by atoms with Crippen LogP contribution in [0.5, 0.6) is 5.88 Å². The maximum atomic E-state index is 12.6. The van der Waals surface area contributed by atoms with Gasteiger partial charge in [0.05, 0.1) is 5.69 Å². The van der Waals surface area contributed by atoms with Crippen molar-refractivity contribution < 1.29 is 19.1 Å². The average Bonchev–Trinajstić information content (AvgIpc) is 2.79. The number of piperazine rings is 1. The van der Waals surface area contributed by atoms with Gasteiger partial charge < -0.3 is 9.64 Å². The molecule has 0 radical (unpaired) electrons. The number of nitrogens with zero attached hydrogens (tertiary/aromatic N) is 5. The Bertz CT molecular complexity index is 1060. The zero-order valence-corrected chi connectivity index (χ0v) is 20.7. The molecule has 0 bridgehead atoms. The highest BCUT2D eigenvalue weighted by Gasteiger charge is 2.37. The molecule has 0 aromatic carbocycles. The van der Waals surface area contributed by atoms with E-state index in [1.807, 2.05) is 45.0 Å². The molecule has 0 unspecified atom stereocenters. The number of piperidine rings is 1. The van der Waals surface area contributed by atoms with Gasteiger partial charge in [-0.25, -0.2) is 9.78 Å². The van der Waals surface area contributed by atoms with Gasteiger partial charge in [0, 0.05) is 70.1 Å². The number of amides is 3. The fraction of sp³-hybridized carbons (Fsp3) is 0.500. The van der Waals surface area contributed by atoms with Crippen molar-refractivity contribution in [1.82, 2.24) is 24.7 Å². The maximum absolute atomic E-state index is 12.6. The van der Waals surface area contributed by atoms with Gasteiger partial charge in [-0.3, -0.25) is 24.4 Å². The molecule has 2 fully saturated rings. The second kappa shape index (κ2) is 10.5. The Kier molecular flexibility index (Phi) is 7.45. The summed E-state index contributed by atoms with van der Waals surface area (Å²) in [5.41, 5.74) is 2.63. The van der Waals surface area contributed by atoms with Gasteiger partial charge in [0.2, 0.25) is 17.7 Å². The highest BCUT2D eigenvalue weighted by atomic mass is 16.6. The van der Waals surface area contributed by atoms with Crippen molar-refractivity contribution >= 4 is 17.9 Å². The quantitative estimate of drug-likeness (QED) is 0.588. The molecule has 0 spiro atoms. The summed E-state index contributed by atoms with van der Waals surface area (Å²) in [5, 5.41) is 0. The van der Waals surface area contributed by atoms with Crippen molar-refractivity contribution in [3.05, 3.63) is 53.5 Å². The van der Waals surface area contributed by atoms with Crippen LogP contribution < -0.4 is 4.74 Å². The van der Waals surface area contributed by atoms with Crippen LogP contribution in [0.1, 0.15) is 43.6 Å². The second-order valence-corrected chi connectivity index (χ2v) is 10.1. The number of aryl methyl sites for hydroxylation is 1. The Balaban J connectivity index is 1.22. The summed E-state index contributed by atoms with van der Waals surface area (Å²) < 4.78 is 5.46. The summed E-state index contributed by atoms with van der Waals surface area (Å²) in [6, 6.07) is 9.47. The van der Waals surface area contributed by atoms with Crippen molar-refractivity contribution in [2.45, 2.75) is 46.6 Å². The first-order valence-electron chi connectivity index (χ1n) is 12.1. The van der Waals surface area contributed by atoms with Crippen LogP contribution in [0.25, 0.3) is 0 Å². The summed E-state index contributed by atoms with van der Waals surface area (Å²) in [7, 11) is 0. The summed E-state index contributed by atoms with van der Waals surface area (Å²) in [4.78, 5) is 51.3. The molecule has 0 atom stereocenters. The third-order valence-electron chi connectivity index (χ3n) is 6.44. The Hall–Kier alpha value is -3.33. The van der Waals surface area contributed by atoms with Crippen LogP contribution in [0, 0.1) is 12.3 Å². The van der Waals surface area contributed by atoms with Crippen molar-refractivity contribution in [2.24, 2.45) is 5.41 Å². The molecular weight excluding hydrogens is 446 g/mol. The standard InChI is InChI=1S/C26H33N5O4/c1-19-5-4-6-21(28-19)18-29-11-13-30(14-12-29)25(34)35-22-8-7-20(17-27-22)9-10-31-23(32)15-26(2,3)16-24(31)33/h4-8,17H,9-16,18H2,1-3H3. The molecule has 9 nitrogen and oxygen atoms in total. The van der Waals surface area contributed by atoms with Gasteiger partial charge in [-0.1, -0.05) is 26.0 Å². The molecule has 0 saturated carbocycles. The molecule has 186 valence electrons. The van der Waals surface area contributed by atoms with E-state index < -0.39 is 6.09 Å². The van der Waals surface area contributed by atoms with Gasteiger partial charge in [0.25, 0.3) is 0 Å². The molecular formula is C26H33N5O4. The number of likely N-dealkylation sites (tertiary alicyclic amines) is 1. The average molecular weight is 480 g/mol. The fourth-order valence-electron chi connectivity index (χ4n) is 4.48. The lowest BCUT2D eigenvalue weighted by molar-refractivity contribution is -0.152. The molecule has 2 aliphatic rings. The summed E-state index contributed by atoms with van der Waals surface area (Å²) in [6.07, 6.45) is 2.48. The Morgan fingerprint density at radius 1 is 1.03 bits per heavy atom. The topological polar surface area (TPSA) is 95.9 Å². The summed E-state index contributed by atoms with van der Waals surface area (Å²) in [6.45, 7) is 9.62. The van der Waals surface area contributed by atoms with Crippen molar-refractivity contribution in [2.75, 3.05) is 32.7 Å². The second-order valence-electron chi connectivity index (χ2n) is 10.1. The van der Waals surface area contributed by atoms with Crippen LogP contribution in [-0.4, -0.2) is 75.3 Å². The largest absolute Gasteiger partial charge is 0.416 e. The normalized spacial score (nSPS) is 18.6. The van der Waals surface area contributed by atoms with Gasteiger partial charge in [-0.05, 0) is 36.5 Å². The molecule has 35 heavy (non-hydrogen) atoms. The molecule has 0 aliphatic carbocycles. The highest BCUT2D eigenvalue weighted by Crippen LogP contribution is 2.31.